The fraction of sp³-hybridized carbons (Fsp3) is 0.667. The van der Waals surface area contributed by atoms with Crippen LogP contribution in [0.3, 0.4) is 0 Å². The third-order valence-electron chi connectivity index (χ3n) is 2.09. The molecule has 0 saturated carbocycles. The van der Waals surface area contributed by atoms with E-state index >= 15 is 0 Å². The molecule has 78 valence electrons. The molecule has 5 heteroatoms. The van der Waals surface area contributed by atoms with Crippen LogP contribution < -0.4 is 4.90 Å². The summed E-state index contributed by atoms with van der Waals surface area (Å²) in [6.45, 7) is 2.04. The van der Waals surface area contributed by atoms with Gasteiger partial charge in [0.15, 0.2) is 5.82 Å². The smallest absolute Gasteiger partial charge is 0.151 e. The highest BCUT2D eigenvalue weighted by Crippen LogP contribution is 2.22. The summed E-state index contributed by atoms with van der Waals surface area (Å²) in [5.41, 5.74) is 1.14. The van der Waals surface area contributed by atoms with Gasteiger partial charge in [0.1, 0.15) is 0 Å². The van der Waals surface area contributed by atoms with Crippen molar-refractivity contribution in [1.82, 2.24) is 10.2 Å². The first-order chi connectivity index (χ1) is 6.86. The van der Waals surface area contributed by atoms with Crippen LogP contribution in [0.1, 0.15) is 12.1 Å². The summed E-state index contributed by atoms with van der Waals surface area (Å²) in [4.78, 5) is 2.33. The van der Waals surface area contributed by atoms with Crippen LogP contribution in [0.2, 0.25) is 0 Å². The van der Waals surface area contributed by atoms with Crippen LogP contribution in [0.25, 0.3) is 0 Å². The molecule has 1 fully saturated rings. The van der Waals surface area contributed by atoms with Gasteiger partial charge in [-0.2, -0.15) is 5.10 Å². The number of thioether (sulfide) groups is 2. The first-order valence-electron chi connectivity index (χ1n) is 4.79. The quantitative estimate of drug-likeness (QED) is 0.801. The minimum absolute atomic E-state index is 1.07. The number of aromatic nitrogens is 2. The van der Waals surface area contributed by atoms with E-state index in [4.69, 9.17) is 0 Å². The van der Waals surface area contributed by atoms with Crippen molar-refractivity contribution < 1.29 is 0 Å². The van der Waals surface area contributed by atoms with E-state index in [2.05, 4.69) is 21.2 Å². The van der Waals surface area contributed by atoms with Crippen LogP contribution in [0.5, 0.6) is 0 Å². The van der Waals surface area contributed by atoms with Gasteiger partial charge in [-0.3, -0.25) is 5.10 Å². The highest BCUT2D eigenvalue weighted by molar-refractivity contribution is 8.00. The van der Waals surface area contributed by atoms with Gasteiger partial charge < -0.3 is 4.90 Å². The lowest BCUT2D eigenvalue weighted by Gasteiger charge is -2.23. The molecule has 0 unspecified atom stereocenters. The van der Waals surface area contributed by atoms with Crippen molar-refractivity contribution in [2.45, 2.75) is 13.3 Å². The predicted molar refractivity (Wildman–Crippen MR) is 65.1 cm³/mol. The Morgan fingerprint density at radius 3 is 2.64 bits per heavy atom. The molecule has 2 heterocycles. The average Bonchev–Trinajstić information content (AvgIpc) is 2.51. The molecule has 0 radical (unpaired) electrons. The van der Waals surface area contributed by atoms with Gasteiger partial charge in [0.25, 0.3) is 0 Å². The monoisotopic (exact) mass is 229 g/mol. The molecule has 1 saturated heterocycles. The van der Waals surface area contributed by atoms with E-state index in [1.54, 1.807) is 0 Å². The molecule has 1 aliphatic heterocycles. The topological polar surface area (TPSA) is 31.9 Å². The molecule has 1 N–H and O–H groups in total. The highest BCUT2D eigenvalue weighted by Gasteiger charge is 2.11. The first-order valence-corrected chi connectivity index (χ1v) is 7.09. The maximum Gasteiger partial charge on any atom is 0.151 e. The van der Waals surface area contributed by atoms with Crippen molar-refractivity contribution in [3.8, 4) is 0 Å². The number of H-pyrrole nitrogens is 1. The molecule has 2 rings (SSSR count). The molecule has 14 heavy (non-hydrogen) atoms. The predicted octanol–water partition coefficient (Wildman–Crippen LogP) is 2.31. The van der Waals surface area contributed by atoms with Gasteiger partial charge in [-0.25, -0.2) is 0 Å². The van der Waals surface area contributed by atoms with E-state index < -0.39 is 0 Å². The summed E-state index contributed by atoms with van der Waals surface area (Å²) >= 11 is 4.00. The standard InChI is InChI=1S/C9H15N3S2/c1-8-5-9(11-10-8)12-6-13-3-2-4-14-7-12/h5H,2-4,6-7H2,1H3,(H,10,11). The molecule has 0 aromatic carbocycles. The summed E-state index contributed by atoms with van der Waals surface area (Å²) in [6, 6.07) is 2.11. The maximum atomic E-state index is 4.29. The van der Waals surface area contributed by atoms with Crippen LogP contribution in [-0.2, 0) is 0 Å². The van der Waals surface area contributed by atoms with Crippen LogP contribution in [0, 0.1) is 6.92 Å². The molecular formula is C9H15N3S2. The summed E-state index contributed by atoms with van der Waals surface area (Å²) in [6.07, 6.45) is 1.34. The second-order valence-electron chi connectivity index (χ2n) is 3.38. The molecule has 1 aliphatic rings. The molecule has 0 amide bonds. The number of nitrogens with zero attached hydrogens (tertiary/aromatic N) is 2. The van der Waals surface area contributed by atoms with Crippen molar-refractivity contribution in [3.63, 3.8) is 0 Å². The second-order valence-corrected chi connectivity index (χ2v) is 5.53. The summed E-state index contributed by atoms with van der Waals surface area (Å²) in [7, 11) is 0. The molecule has 0 spiro atoms. The Morgan fingerprint density at radius 2 is 2.07 bits per heavy atom. The number of anilines is 1. The Morgan fingerprint density at radius 1 is 1.36 bits per heavy atom. The SMILES string of the molecule is Cc1cc(N2CSCCCSC2)n[nH]1. The summed E-state index contributed by atoms with van der Waals surface area (Å²) in [5, 5.41) is 7.28. The normalized spacial score (nSPS) is 19.1. The molecule has 3 nitrogen and oxygen atoms in total. The molecule has 0 aliphatic carbocycles. The van der Waals surface area contributed by atoms with E-state index in [9.17, 15) is 0 Å². The Hall–Kier alpha value is -0.290. The maximum absolute atomic E-state index is 4.29. The van der Waals surface area contributed by atoms with E-state index in [0.29, 0.717) is 0 Å². The van der Waals surface area contributed by atoms with Gasteiger partial charge in [0.05, 0.1) is 11.8 Å². The largest absolute Gasteiger partial charge is 0.337 e. The van der Waals surface area contributed by atoms with Crippen LogP contribution in [0.4, 0.5) is 5.82 Å². The van der Waals surface area contributed by atoms with Crippen molar-refractivity contribution >= 4 is 29.3 Å². The lowest BCUT2D eigenvalue weighted by Crippen LogP contribution is -2.24. The zero-order valence-corrected chi connectivity index (χ0v) is 9.96. The van der Waals surface area contributed by atoms with Crippen LogP contribution >= 0.6 is 23.5 Å². The summed E-state index contributed by atoms with van der Waals surface area (Å²) in [5.74, 6) is 5.76. The number of hydrogen-bond donors (Lipinski definition) is 1. The first kappa shape index (κ1) is 10.2. The number of aryl methyl sites for hydroxylation is 1. The number of aromatic amines is 1. The van der Waals surface area contributed by atoms with Crippen molar-refractivity contribution in [2.24, 2.45) is 0 Å². The van der Waals surface area contributed by atoms with Crippen molar-refractivity contribution in [1.29, 1.82) is 0 Å². The zero-order chi connectivity index (χ0) is 9.80. The van der Waals surface area contributed by atoms with Gasteiger partial charge in [0, 0.05) is 11.8 Å². The number of nitrogens with one attached hydrogen (secondary N) is 1. The van der Waals surface area contributed by atoms with Gasteiger partial charge in [-0.15, -0.1) is 23.5 Å². The third-order valence-corrected chi connectivity index (χ3v) is 4.23. The minimum atomic E-state index is 1.07. The number of hydrogen-bond acceptors (Lipinski definition) is 4. The Labute approximate surface area is 93.0 Å². The molecule has 0 atom stereocenters. The van der Waals surface area contributed by atoms with E-state index in [0.717, 1.165) is 23.3 Å². The molecule has 0 bridgehead atoms. The molecule has 1 aromatic heterocycles. The van der Waals surface area contributed by atoms with Gasteiger partial charge in [-0.05, 0) is 24.9 Å². The van der Waals surface area contributed by atoms with E-state index in [-0.39, 0.29) is 0 Å². The lowest BCUT2D eigenvalue weighted by atomic mass is 10.4. The summed E-state index contributed by atoms with van der Waals surface area (Å²) < 4.78 is 0. The Bertz CT molecular complexity index is 279. The van der Waals surface area contributed by atoms with Crippen LogP contribution in [0.15, 0.2) is 6.07 Å². The van der Waals surface area contributed by atoms with Gasteiger partial charge in [-0.1, -0.05) is 0 Å². The van der Waals surface area contributed by atoms with Crippen molar-refractivity contribution in [3.05, 3.63) is 11.8 Å². The third kappa shape index (κ3) is 2.60. The Balaban J connectivity index is 2.00. The lowest BCUT2D eigenvalue weighted by molar-refractivity contribution is 0.962. The van der Waals surface area contributed by atoms with Gasteiger partial charge in [0.2, 0.25) is 0 Å². The minimum Gasteiger partial charge on any atom is -0.337 e. The van der Waals surface area contributed by atoms with Gasteiger partial charge >= 0.3 is 0 Å². The highest BCUT2D eigenvalue weighted by atomic mass is 32.2. The fourth-order valence-corrected chi connectivity index (χ4v) is 3.49. The number of rotatable bonds is 1. The zero-order valence-electron chi connectivity index (χ0n) is 8.32. The fourth-order valence-electron chi connectivity index (χ4n) is 1.35. The molecular weight excluding hydrogens is 214 g/mol. The molecule has 1 aromatic rings. The second kappa shape index (κ2) is 4.98. The van der Waals surface area contributed by atoms with Crippen molar-refractivity contribution in [2.75, 3.05) is 28.2 Å². The Kier molecular flexibility index (Phi) is 3.64. The van der Waals surface area contributed by atoms with Crippen LogP contribution in [-0.4, -0.2) is 33.5 Å². The average molecular weight is 229 g/mol. The van der Waals surface area contributed by atoms with E-state index in [1.165, 1.54) is 17.9 Å². The van der Waals surface area contributed by atoms with E-state index in [1.807, 2.05) is 30.4 Å².